The number of carbonyl (C=O) groups excluding carboxylic acids is 2. The highest BCUT2D eigenvalue weighted by Crippen LogP contribution is 2.49. The number of fused-ring (bicyclic) bond motifs is 4. The van der Waals surface area contributed by atoms with Crippen molar-refractivity contribution in [3.05, 3.63) is 82.6 Å². The average molecular weight is 428 g/mol. The maximum absolute atomic E-state index is 13.1. The summed E-state index contributed by atoms with van der Waals surface area (Å²) in [5, 5.41) is 9.94. The minimum absolute atomic E-state index is 0.0751. The van der Waals surface area contributed by atoms with Gasteiger partial charge in [-0.2, -0.15) is 0 Å². The van der Waals surface area contributed by atoms with Crippen molar-refractivity contribution in [3.63, 3.8) is 0 Å². The van der Waals surface area contributed by atoms with Gasteiger partial charge in [-0.3, -0.25) is 9.59 Å². The lowest BCUT2D eigenvalue weighted by atomic mass is 9.84. The molecule has 7 nitrogen and oxygen atoms in total. The molecule has 1 N–H and O–H groups in total. The zero-order valence-electron chi connectivity index (χ0n) is 16.7. The first-order valence-electron chi connectivity index (χ1n) is 10.1. The van der Waals surface area contributed by atoms with E-state index in [4.69, 9.17) is 18.9 Å². The highest BCUT2D eigenvalue weighted by atomic mass is 16.7. The quantitative estimate of drug-likeness (QED) is 0.372. The van der Waals surface area contributed by atoms with Crippen LogP contribution in [0.2, 0.25) is 0 Å². The number of ether oxygens (including phenoxy) is 4. The van der Waals surface area contributed by atoms with Gasteiger partial charge in [0, 0.05) is 11.5 Å². The van der Waals surface area contributed by atoms with Crippen LogP contribution in [-0.2, 0) is 4.79 Å². The molecule has 0 amide bonds. The normalized spacial score (nSPS) is 19.4. The van der Waals surface area contributed by atoms with E-state index in [1.54, 1.807) is 48.5 Å². The summed E-state index contributed by atoms with van der Waals surface area (Å²) in [7, 11) is 0. The molecular weight excluding hydrogens is 412 g/mol. The van der Waals surface area contributed by atoms with Gasteiger partial charge in [0.2, 0.25) is 12.6 Å². The van der Waals surface area contributed by atoms with Crippen molar-refractivity contribution in [2.24, 2.45) is 0 Å². The van der Waals surface area contributed by atoms with Crippen molar-refractivity contribution in [2.45, 2.75) is 12.3 Å². The van der Waals surface area contributed by atoms with Crippen LogP contribution < -0.4 is 18.9 Å². The van der Waals surface area contributed by atoms with Gasteiger partial charge in [0.1, 0.15) is 17.2 Å². The third-order valence-corrected chi connectivity index (χ3v) is 5.75. The highest BCUT2D eigenvalue weighted by Gasteiger charge is 2.38. The van der Waals surface area contributed by atoms with E-state index in [1.807, 2.05) is 12.1 Å². The van der Waals surface area contributed by atoms with Crippen LogP contribution in [0.25, 0.3) is 6.08 Å². The highest BCUT2D eigenvalue weighted by molar-refractivity contribution is 6.15. The number of hydrogen-bond acceptors (Lipinski definition) is 7. The molecule has 6 rings (SSSR count). The van der Waals surface area contributed by atoms with E-state index in [2.05, 4.69) is 0 Å². The average Bonchev–Trinajstić information content (AvgIpc) is 3.37. The van der Waals surface area contributed by atoms with E-state index in [0.29, 0.717) is 34.1 Å². The Balaban J connectivity index is 1.43. The van der Waals surface area contributed by atoms with Crippen molar-refractivity contribution in [1.82, 2.24) is 0 Å². The molecule has 158 valence electrons. The third kappa shape index (κ3) is 2.90. The maximum Gasteiger partial charge on any atom is 0.312 e. The number of aromatic hydroxyl groups is 1. The summed E-state index contributed by atoms with van der Waals surface area (Å²) in [5.41, 5.74) is 2.49. The maximum atomic E-state index is 13.1. The summed E-state index contributed by atoms with van der Waals surface area (Å²) in [6.07, 6.45) is 1.72. The molecule has 0 aromatic heterocycles. The van der Waals surface area contributed by atoms with E-state index in [1.165, 1.54) is 0 Å². The first kappa shape index (κ1) is 18.5. The van der Waals surface area contributed by atoms with Crippen LogP contribution in [0.3, 0.4) is 0 Å². The molecule has 0 fully saturated rings. The third-order valence-electron chi connectivity index (χ3n) is 5.75. The van der Waals surface area contributed by atoms with Gasteiger partial charge < -0.3 is 24.1 Å². The van der Waals surface area contributed by atoms with E-state index < -0.39 is 5.92 Å². The summed E-state index contributed by atoms with van der Waals surface area (Å²) >= 11 is 0. The van der Waals surface area contributed by atoms with Gasteiger partial charge in [-0.05, 0) is 53.6 Å². The van der Waals surface area contributed by atoms with Gasteiger partial charge in [-0.25, -0.2) is 0 Å². The molecule has 0 saturated heterocycles. The molecule has 32 heavy (non-hydrogen) atoms. The van der Waals surface area contributed by atoms with Crippen molar-refractivity contribution in [3.8, 4) is 28.7 Å². The summed E-state index contributed by atoms with van der Waals surface area (Å²) in [4.78, 5) is 25.3. The van der Waals surface area contributed by atoms with Gasteiger partial charge in [-0.15, -0.1) is 0 Å². The number of phenolic OH excluding ortho intramolecular Hbond substituents is 1. The fourth-order valence-corrected chi connectivity index (χ4v) is 4.29. The second kappa shape index (κ2) is 6.88. The predicted octanol–water partition coefficient (Wildman–Crippen LogP) is 4.18. The Kier molecular flexibility index (Phi) is 3.98. The molecular formula is C25H16O7. The van der Waals surface area contributed by atoms with Crippen LogP contribution in [0.1, 0.15) is 39.4 Å². The second-order valence-electron chi connectivity index (χ2n) is 7.73. The number of rotatable bonds is 2. The molecule has 3 aliphatic rings. The minimum Gasteiger partial charge on any atom is -0.508 e. The Morgan fingerprint density at radius 3 is 2.62 bits per heavy atom. The number of Topliss-reactive ketones (excluding diaryl/α,β-unsaturated/α-hetero) is 1. The Bertz CT molecular complexity index is 1340. The van der Waals surface area contributed by atoms with Gasteiger partial charge >= 0.3 is 5.97 Å². The molecule has 0 saturated carbocycles. The number of esters is 1. The van der Waals surface area contributed by atoms with Crippen LogP contribution in [0.5, 0.6) is 28.7 Å². The van der Waals surface area contributed by atoms with Crippen LogP contribution in [-0.4, -0.2) is 23.7 Å². The molecule has 3 heterocycles. The van der Waals surface area contributed by atoms with Gasteiger partial charge in [0.15, 0.2) is 17.3 Å². The van der Waals surface area contributed by atoms with E-state index in [-0.39, 0.29) is 36.5 Å². The number of phenols is 1. The molecule has 0 radical (unpaired) electrons. The van der Waals surface area contributed by atoms with Crippen LogP contribution in [0.4, 0.5) is 0 Å². The standard InChI is InChI=1S/C25H16O7/c26-15-3-1-2-14(10-15)17-11-22(27)31-19-7-5-16-24(28)21(32-25(16)23(17)19)9-13-4-6-18-20(8-13)30-12-29-18/h1-10,17,26H,11-12H2/b21-9-/t17-/m0/s1. The molecule has 3 aromatic carbocycles. The molecule has 0 unspecified atom stereocenters. The summed E-state index contributed by atoms with van der Waals surface area (Å²) < 4.78 is 22.2. The molecule has 0 aliphatic carbocycles. The predicted molar refractivity (Wildman–Crippen MR) is 112 cm³/mol. The Labute approximate surface area is 182 Å². The van der Waals surface area contributed by atoms with Crippen LogP contribution in [0, 0.1) is 0 Å². The van der Waals surface area contributed by atoms with Crippen molar-refractivity contribution < 1.29 is 33.6 Å². The summed E-state index contributed by atoms with van der Waals surface area (Å²) in [6.45, 7) is 0.164. The zero-order valence-corrected chi connectivity index (χ0v) is 16.7. The minimum atomic E-state index is -0.411. The van der Waals surface area contributed by atoms with E-state index in [9.17, 15) is 14.7 Å². The van der Waals surface area contributed by atoms with Crippen molar-refractivity contribution >= 4 is 17.8 Å². The van der Waals surface area contributed by atoms with E-state index >= 15 is 0 Å². The SMILES string of the molecule is O=C1C[C@@H](c2cccc(O)c2)c2c(ccc3c2O/C(=C\c2ccc4c(c2)OCO4)C3=O)O1. The van der Waals surface area contributed by atoms with Gasteiger partial charge in [-0.1, -0.05) is 18.2 Å². The molecule has 0 spiro atoms. The number of carbonyl (C=O) groups is 2. The number of hydrogen-bond donors (Lipinski definition) is 1. The first-order valence-corrected chi connectivity index (χ1v) is 10.1. The Hall–Kier alpha value is -4.26. The molecule has 0 bridgehead atoms. The molecule has 3 aliphatic heterocycles. The topological polar surface area (TPSA) is 91.3 Å². The van der Waals surface area contributed by atoms with E-state index in [0.717, 1.165) is 11.1 Å². The lowest BCUT2D eigenvalue weighted by Gasteiger charge is -2.26. The Morgan fingerprint density at radius 2 is 1.75 bits per heavy atom. The summed E-state index contributed by atoms with van der Waals surface area (Å²) in [6, 6.07) is 15.3. The fourth-order valence-electron chi connectivity index (χ4n) is 4.29. The largest absolute Gasteiger partial charge is 0.508 e. The number of allylic oxidation sites excluding steroid dienone is 1. The van der Waals surface area contributed by atoms with Crippen LogP contribution in [0.15, 0.2) is 60.4 Å². The van der Waals surface area contributed by atoms with Crippen molar-refractivity contribution in [1.29, 1.82) is 0 Å². The van der Waals surface area contributed by atoms with Gasteiger partial charge in [0.25, 0.3) is 0 Å². The molecule has 7 heteroatoms. The van der Waals surface area contributed by atoms with Crippen LogP contribution >= 0.6 is 0 Å². The molecule has 1 atom stereocenters. The molecule has 3 aromatic rings. The fraction of sp³-hybridized carbons (Fsp3) is 0.120. The summed E-state index contributed by atoms with van der Waals surface area (Å²) in [5.74, 6) is 1.19. The van der Waals surface area contributed by atoms with Crippen molar-refractivity contribution in [2.75, 3.05) is 6.79 Å². The van der Waals surface area contributed by atoms with Gasteiger partial charge in [0.05, 0.1) is 12.0 Å². The number of benzene rings is 3. The zero-order chi connectivity index (χ0) is 21.8. The Morgan fingerprint density at radius 1 is 0.906 bits per heavy atom. The lowest BCUT2D eigenvalue weighted by Crippen LogP contribution is -2.21. The number of ketones is 1. The second-order valence-corrected chi connectivity index (χ2v) is 7.73. The first-order chi connectivity index (χ1) is 15.6. The monoisotopic (exact) mass is 428 g/mol. The smallest absolute Gasteiger partial charge is 0.312 e. The lowest BCUT2D eigenvalue weighted by molar-refractivity contribution is -0.135.